The molecule has 3 heteroatoms. The molecule has 1 aliphatic rings. The molecular formula is C14H22O2S. The van der Waals surface area contributed by atoms with Crippen molar-refractivity contribution in [2.24, 2.45) is 5.92 Å². The Morgan fingerprint density at radius 2 is 2.18 bits per heavy atom. The lowest BCUT2D eigenvalue weighted by molar-refractivity contribution is -0.0532. The van der Waals surface area contributed by atoms with Gasteiger partial charge >= 0.3 is 0 Å². The van der Waals surface area contributed by atoms with E-state index in [1.54, 1.807) is 18.4 Å². The average Bonchev–Trinajstić information content (AvgIpc) is 2.84. The standard InChI is InChI=1S/C14H22O2S/c1-16-14(11-6-3-2-4-7-11)13(15)10-12-8-5-9-17-12/h5,8-9,11,13-15H,2-4,6-7,10H2,1H3. The molecule has 0 amide bonds. The summed E-state index contributed by atoms with van der Waals surface area (Å²) >= 11 is 1.71. The third-order valence-electron chi connectivity index (χ3n) is 3.76. The summed E-state index contributed by atoms with van der Waals surface area (Å²) < 4.78 is 5.55. The topological polar surface area (TPSA) is 29.5 Å². The molecule has 1 aromatic heterocycles. The highest BCUT2D eigenvalue weighted by Gasteiger charge is 2.29. The lowest BCUT2D eigenvalue weighted by Gasteiger charge is -2.32. The number of hydrogen-bond acceptors (Lipinski definition) is 3. The average molecular weight is 254 g/mol. The van der Waals surface area contributed by atoms with E-state index in [1.165, 1.54) is 37.0 Å². The second kappa shape index (κ2) is 6.53. The first-order valence-corrected chi connectivity index (χ1v) is 7.42. The molecule has 1 aromatic rings. The van der Waals surface area contributed by atoms with Crippen molar-refractivity contribution >= 4 is 11.3 Å². The van der Waals surface area contributed by atoms with Gasteiger partial charge in [0, 0.05) is 18.4 Å². The first-order valence-electron chi connectivity index (χ1n) is 6.54. The first kappa shape index (κ1) is 13.1. The highest BCUT2D eigenvalue weighted by atomic mass is 32.1. The third kappa shape index (κ3) is 3.54. The Balaban J connectivity index is 1.92. The molecule has 17 heavy (non-hydrogen) atoms. The van der Waals surface area contributed by atoms with Crippen LogP contribution in [0.4, 0.5) is 0 Å². The summed E-state index contributed by atoms with van der Waals surface area (Å²) in [5.41, 5.74) is 0. The second-order valence-electron chi connectivity index (χ2n) is 4.95. The van der Waals surface area contributed by atoms with E-state index in [0.29, 0.717) is 5.92 Å². The van der Waals surface area contributed by atoms with Gasteiger partial charge in [0.05, 0.1) is 12.2 Å². The molecule has 1 saturated carbocycles. The number of aliphatic hydroxyl groups excluding tert-OH is 1. The molecule has 2 unspecified atom stereocenters. The van der Waals surface area contributed by atoms with Gasteiger partial charge in [0.15, 0.2) is 0 Å². The van der Waals surface area contributed by atoms with Crippen LogP contribution >= 0.6 is 11.3 Å². The van der Waals surface area contributed by atoms with Crippen LogP contribution in [0.1, 0.15) is 37.0 Å². The summed E-state index contributed by atoms with van der Waals surface area (Å²) in [6.07, 6.45) is 6.71. The van der Waals surface area contributed by atoms with Crippen molar-refractivity contribution in [3.05, 3.63) is 22.4 Å². The van der Waals surface area contributed by atoms with Crippen LogP contribution in [0.5, 0.6) is 0 Å². The van der Waals surface area contributed by atoms with Gasteiger partial charge in [-0.3, -0.25) is 0 Å². The maximum atomic E-state index is 10.3. The Morgan fingerprint density at radius 1 is 1.41 bits per heavy atom. The van der Waals surface area contributed by atoms with Crippen LogP contribution in [0.25, 0.3) is 0 Å². The lowest BCUT2D eigenvalue weighted by atomic mass is 9.82. The molecule has 0 saturated heterocycles. The zero-order valence-electron chi connectivity index (χ0n) is 10.5. The van der Waals surface area contributed by atoms with Crippen molar-refractivity contribution in [1.29, 1.82) is 0 Å². The summed E-state index contributed by atoms with van der Waals surface area (Å²) in [7, 11) is 1.73. The highest BCUT2D eigenvalue weighted by molar-refractivity contribution is 7.09. The predicted molar refractivity (Wildman–Crippen MR) is 71.4 cm³/mol. The van der Waals surface area contributed by atoms with Gasteiger partial charge in [-0.2, -0.15) is 0 Å². The minimum absolute atomic E-state index is 0.0115. The molecule has 96 valence electrons. The van der Waals surface area contributed by atoms with Crippen molar-refractivity contribution in [3.63, 3.8) is 0 Å². The van der Waals surface area contributed by atoms with E-state index in [1.807, 2.05) is 6.07 Å². The molecule has 2 atom stereocenters. The molecule has 1 heterocycles. The summed E-state index contributed by atoms with van der Waals surface area (Å²) in [6, 6.07) is 4.12. The predicted octanol–water partition coefficient (Wildman–Crippen LogP) is 3.25. The number of hydrogen-bond donors (Lipinski definition) is 1. The number of aliphatic hydroxyl groups is 1. The Morgan fingerprint density at radius 3 is 2.76 bits per heavy atom. The SMILES string of the molecule is COC(C(O)Cc1cccs1)C1CCCCC1. The molecule has 2 rings (SSSR count). The minimum atomic E-state index is -0.359. The van der Waals surface area contributed by atoms with Gasteiger partial charge in [0.25, 0.3) is 0 Å². The van der Waals surface area contributed by atoms with Crippen LogP contribution in [-0.2, 0) is 11.2 Å². The summed E-state index contributed by atoms with van der Waals surface area (Å²) in [4.78, 5) is 1.25. The smallest absolute Gasteiger partial charge is 0.0861 e. The zero-order valence-corrected chi connectivity index (χ0v) is 11.3. The summed E-state index contributed by atoms with van der Waals surface area (Å²) in [5, 5.41) is 12.4. The Bertz CT molecular complexity index is 304. The number of ether oxygens (including phenoxy) is 1. The van der Waals surface area contributed by atoms with Crippen LogP contribution < -0.4 is 0 Å². The van der Waals surface area contributed by atoms with Crippen molar-refractivity contribution in [2.75, 3.05) is 7.11 Å². The minimum Gasteiger partial charge on any atom is -0.390 e. The van der Waals surface area contributed by atoms with Crippen LogP contribution in [0, 0.1) is 5.92 Å². The Kier molecular flexibility index (Phi) is 5.01. The van der Waals surface area contributed by atoms with Crippen LogP contribution in [0.15, 0.2) is 17.5 Å². The van der Waals surface area contributed by atoms with E-state index < -0.39 is 0 Å². The Labute approximate surface area is 108 Å². The maximum Gasteiger partial charge on any atom is 0.0861 e. The quantitative estimate of drug-likeness (QED) is 0.874. The first-order chi connectivity index (χ1) is 8.31. The van der Waals surface area contributed by atoms with E-state index in [2.05, 4.69) is 11.4 Å². The fourth-order valence-corrected chi connectivity index (χ4v) is 3.63. The fraction of sp³-hybridized carbons (Fsp3) is 0.714. The molecule has 1 fully saturated rings. The van der Waals surface area contributed by atoms with Crippen molar-refractivity contribution in [3.8, 4) is 0 Å². The van der Waals surface area contributed by atoms with Gasteiger partial charge < -0.3 is 9.84 Å². The molecule has 0 bridgehead atoms. The number of methoxy groups -OCH3 is 1. The molecule has 0 aliphatic heterocycles. The Hall–Kier alpha value is -0.380. The van der Waals surface area contributed by atoms with Crippen LogP contribution in [0.2, 0.25) is 0 Å². The molecule has 1 aliphatic carbocycles. The number of rotatable bonds is 5. The second-order valence-corrected chi connectivity index (χ2v) is 5.98. The summed E-state index contributed by atoms with van der Waals surface area (Å²) in [5.74, 6) is 0.545. The van der Waals surface area contributed by atoms with Crippen molar-refractivity contribution in [2.45, 2.75) is 50.7 Å². The van der Waals surface area contributed by atoms with Gasteiger partial charge in [0.1, 0.15) is 0 Å². The van der Waals surface area contributed by atoms with E-state index in [0.717, 1.165) is 6.42 Å². The van der Waals surface area contributed by atoms with E-state index in [4.69, 9.17) is 4.74 Å². The number of thiophene rings is 1. The van der Waals surface area contributed by atoms with Gasteiger partial charge in [-0.05, 0) is 30.2 Å². The maximum absolute atomic E-state index is 10.3. The van der Waals surface area contributed by atoms with Crippen molar-refractivity contribution < 1.29 is 9.84 Å². The van der Waals surface area contributed by atoms with E-state index in [9.17, 15) is 5.11 Å². The largest absolute Gasteiger partial charge is 0.390 e. The molecular weight excluding hydrogens is 232 g/mol. The van der Waals surface area contributed by atoms with E-state index in [-0.39, 0.29) is 12.2 Å². The molecule has 0 radical (unpaired) electrons. The normalized spacial score (nSPS) is 21.3. The fourth-order valence-electron chi connectivity index (χ4n) is 2.88. The zero-order chi connectivity index (χ0) is 12.1. The van der Waals surface area contributed by atoms with Gasteiger partial charge in [0.2, 0.25) is 0 Å². The third-order valence-corrected chi connectivity index (χ3v) is 4.65. The summed E-state index contributed by atoms with van der Waals surface area (Å²) in [6.45, 7) is 0. The lowest BCUT2D eigenvalue weighted by Crippen LogP contribution is -2.37. The van der Waals surface area contributed by atoms with Gasteiger partial charge in [-0.25, -0.2) is 0 Å². The van der Waals surface area contributed by atoms with Crippen molar-refractivity contribution in [1.82, 2.24) is 0 Å². The van der Waals surface area contributed by atoms with Crippen LogP contribution in [-0.4, -0.2) is 24.4 Å². The molecule has 0 aromatic carbocycles. The van der Waals surface area contributed by atoms with Crippen LogP contribution in [0.3, 0.4) is 0 Å². The molecule has 2 nitrogen and oxygen atoms in total. The monoisotopic (exact) mass is 254 g/mol. The molecule has 1 N–H and O–H groups in total. The van der Waals surface area contributed by atoms with Gasteiger partial charge in [-0.1, -0.05) is 25.3 Å². The molecule has 0 spiro atoms. The highest BCUT2D eigenvalue weighted by Crippen LogP contribution is 2.30. The van der Waals surface area contributed by atoms with Gasteiger partial charge in [-0.15, -0.1) is 11.3 Å². The van der Waals surface area contributed by atoms with E-state index >= 15 is 0 Å².